The number of anilines is 1. The third-order valence-electron chi connectivity index (χ3n) is 3.90. The van der Waals surface area contributed by atoms with Crippen LogP contribution in [-0.2, 0) is 0 Å². The smallest absolute Gasteiger partial charge is 0.160 e. The van der Waals surface area contributed by atoms with Crippen molar-refractivity contribution in [2.24, 2.45) is 5.92 Å². The van der Waals surface area contributed by atoms with Gasteiger partial charge >= 0.3 is 0 Å². The Morgan fingerprint density at radius 2 is 1.74 bits per heavy atom. The van der Waals surface area contributed by atoms with Crippen LogP contribution < -0.4 is 5.32 Å². The van der Waals surface area contributed by atoms with Gasteiger partial charge in [-0.25, -0.2) is 4.39 Å². The van der Waals surface area contributed by atoms with Gasteiger partial charge in [-0.05, 0) is 43.7 Å². The number of hydrogen-bond donors (Lipinski definition) is 1. The van der Waals surface area contributed by atoms with Crippen LogP contribution in [-0.4, -0.2) is 6.04 Å². The second-order valence-electron chi connectivity index (χ2n) is 5.40. The van der Waals surface area contributed by atoms with Crippen molar-refractivity contribution in [1.82, 2.24) is 0 Å². The maximum Gasteiger partial charge on any atom is 0.160 e. The molecule has 1 aliphatic rings. The average Bonchev–Trinajstić information content (AvgIpc) is 2.38. The maximum atomic E-state index is 13.3. The highest BCUT2D eigenvalue weighted by Crippen LogP contribution is 2.32. The van der Waals surface area contributed by atoms with Crippen LogP contribution in [0.25, 0.3) is 0 Å². The molecule has 0 heterocycles. The predicted molar refractivity (Wildman–Crippen MR) is 80.7 cm³/mol. The predicted octanol–water partition coefficient (Wildman–Crippen LogP) is 5.90. The molecular weight excluding hydrogens is 284 g/mol. The number of nitrogens with one attached hydrogen (secondary N) is 1. The van der Waals surface area contributed by atoms with E-state index in [0.29, 0.717) is 6.04 Å². The normalized spacial score (nSPS) is 23.4. The van der Waals surface area contributed by atoms with E-state index < -0.39 is 5.82 Å². The van der Waals surface area contributed by atoms with E-state index in [9.17, 15) is 4.39 Å². The van der Waals surface area contributed by atoms with Crippen molar-refractivity contribution >= 4 is 28.9 Å². The van der Waals surface area contributed by atoms with Crippen molar-refractivity contribution in [3.05, 3.63) is 28.0 Å². The summed E-state index contributed by atoms with van der Waals surface area (Å²) in [4.78, 5) is 0. The van der Waals surface area contributed by atoms with Crippen molar-refractivity contribution in [1.29, 1.82) is 0 Å². The molecule has 1 N–H and O–H groups in total. The Morgan fingerprint density at radius 1 is 1.16 bits per heavy atom. The highest BCUT2D eigenvalue weighted by Gasteiger charge is 2.20. The largest absolute Gasteiger partial charge is 0.382 e. The van der Waals surface area contributed by atoms with E-state index in [2.05, 4.69) is 12.2 Å². The van der Waals surface area contributed by atoms with Crippen LogP contribution in [0.15, 0.2) is 12.1 Å². The molecule has 1 nitrogen and oxygen atoms in total. The van der Waals surface area contributed by atoms with Crippen LogP contribution in [0, 0.1) is 11.7 Å². The fourth-order valence-corrected chi connectivity index (χ4v) is 3.37. The third-order valence-corrected chi connectivity index (χ3v) is 4.45. The molecule has 1 saturated carbocycles. The molecule has 19 heavy (non-hydrogen) atoms. The summed E-state index contributed by atoms with van der Waals surface area (Å²) in [6.07, 6.45) is 7.48. The fourth-order valence-electron chi connectivity index (χ4n) is 2.88. The van der Waals surface area contributed by atoms with Gasteiger partial charge in [0, 0.05) is 11.7 Å². The molecule has 4 heteroatoms. The summed E-state index contributed by atoms with van der Waals surface area (Å²) in [6.45, 7) is 2.24. The van der Waals surface area contributed by atoms with Gasteiger partial charge in [0.05, 0.1) is 10.0 Å². The molecular formula is C15H20Cl2FN. The molecule has 0 aromatic heterocycles. The molecule has 1 aromatic rings. The quantitative estimate of drug-likeness (QED) is 0.682. The minimum absolute atomic E-state index is 0.0784. The number of benzene rings is 1. The first-order valence-electron chi connectivity index (χ1n) is 7.01. The van der Waals surface area contributed by atoms with E-state index in [0.717, 1.165) is 24.4 Å². The Labute approximate surface area is 124 Å². The van der Waals surface area contributed by atoms with Gasteiger partial charge in [0.15, 0.2) is 5.82 Å². The van der Waals surface area contributed by atoms with Crippen LogP contribution in [0.4, 0.5) is 10.1 Å². The molecule has 0 amide bonds. The zero-order valence-electron chi connectivity index (χ0n) is 11.2. The molecule has 0 radical (unpaired) electrons. The summed E-state index contributed by atoms with van der Waals surface area (Å²) in [7, 11) is 0. The topological polar surface area (TPSA) is 12.0 Å². The van der Waals surface area contributed by atoms with E-state index in [1.807, 2.05) is 0 Å². The highest BCUT2D eigenvalue weighted by molar-refractivity contribution is 6.35. The zero-order valence-corrected chi connectivity index (χ0v) is 12.7. The molecule has 0 unspecified atom stereocenters. The van der Waals surface area contributed by atoms with Gasteiger partial charge in [-0.2, -0.15) is 0 Å². The lowest BCUT2D eigenvalue weighted by Gasteiger charge is -2.29. The minimum Gasteiger partial charge on any atom is -0.382 e. The van der Waals surface area contributed by atoms with E-state index in [1.54, 1.807) is 12.1 Å². The molecule has 106 valence electrons. The van der Waals surface area contributed by atoms with Gasteiger partial charge < -0.3 is 5.32 Å². The number of hydrogen-bond acceptors (Lipinski definition) is 1. The van der Waals surface area contributed by atoms with E-state index in [-0.39, 0.29) is 10.0 Å². The molecule has 2 rings (SSSR count). The molecule has 0 saturated heterocycles. The standard InChI is InChI=1S/C15H20Cl2FN/c1-2-3-10-4-6-11(7-5-10)19-12-8-13(16)15(18)14(17)9-12/h8-11,19H,2-7H2,1H3. The van der Waals surface area contributed by atoms with Crippen LogP contribution >= 0.6 is 23.2 Å². The van der Waals surface area contributed by atoms with Crippen LogP contribution in [0.5, 0.6) is 0 Å². The van der Waals surface area contributed by atoms with E-state index >= 15 is 0 Å². The Balaban J connectivity index is 1.92. The number of rotatable bonds is 4. The molecule has 1 aromatic carbocycles. The summed E-state index contributed by atoms with van der Waals surface area (Å²) in [5, 5.41) is 3.57. The zero-order chi connectivity index (χ0) is 13.8. The van der Waals surface area contributed by atoms with Gasteiger partial charge in [0.2, 0.25) is 0 Å². The first-order valence-corrected chi connectivity index (χ1v) is 7.76. The lowest BCUT2D eigenvalue weighted by Crippen LogP contribution is -2.26. The van der Waals surface area contributed by atoms with Gasteiger partial charge in [0.1, 0.15) is 0 Å². The van der Waals surface area contributed by atoms with Crippen molar-refractivity contribution in [2.45, 2.75) is 51.5 Å². The van der Waals surface area contributed by atoms with Gasteiger partial charge in [-0.15, -0.1) is 0 Å². The van der Waals surface area contributed by atoms with Gasteiger partial charge in [0.25, 0.3) is 0 Å². The first-order chi connectivity index (χ1) is 9.10. The molecule has 0 aliphatic heterocycles. The summed E-state index contributed by atoms with van der Waals surface area (Å²) >= 11 is 11.6. The lowest BCUT2D eigenvalue weighted by molar-refractivity contribution is 0.319. The SMILES string of the molecule is CCCC1CCC(Nc2cc(Cl)c(F)c(Cl)c2)CC1. The van der Waals surface area contributed by atoms with Crippen molar-refractivity contribution < 1.29 is 4.39 Å². The first kappa shape index (κ1) is 14.9. The van der Waals surface area contributed by atoms with Crippen LogP contribution in [0.2, 0.25) is 10.0 Å². The Kier molecular flexibility index (Phi) is 5.35. The van der Waals surface area contributed by atoms with E-state index in [1.165, 1.54) is 25.7 Å². The lowest BCUT2D eigenvalue weighted by atomic mass is 9.83. The van der Waals surface area contributed by atoms with Crippen molar-refractivity contribution in [3.8, 4) is 0 Å². The monoisotopic (exact) mass is 303 g/mol. The molecule has 0 atom stereocenters. The third kappa shape index (κ3) is 4.00. The molecule has 1 aliphatic carbocycles. The molecule has 0 spiro atoms. The highest BCUT2D eigenvalue weighted by atomic mass is 35.5. The summed E-state index contributed by atoms with van der Waals surface area (Å²) in [5.74, 6) is 0.337. The minimum atomic E-state index is -0.541. The van der Waals surface area contributed by atoms with Crippen LogP contribution in [0.1, 0.15) is 45.4 Å². The van der Waals surface area contributed by atoms with Gasteiger partial charge in [-0.3, -0.25) is 0 Å². The maximum absolute atomic E-state index is 13.3. The average molecular weight is 304 g/mol. The summed E-state index contributed by atoms with van der Waals surface area (Å²) in [5.41, 5.74) is 0.815. The summed E-state index contributed by atoms with van der Waals surface area (Å²) < 4.78 is 13.3. The van der Waals surface area contributed by atoms with Crippen molar-refractivity contribution in [3.63, 3.8) is 0 Å². The Morgan fingerprint density at radius 3 is 2.26 bits per heavy atom. The Hall–Kier alpha value is -0.470. The second kappa shape index (κ2) is 6.81. The molecule has 1 fully saturated rings. The molecule has 0 bridgehead atoms. The van der Waals surface area contributed by atoms with Gasteiger partial charge in [-0.1, -0.05) is 43.0 Å². The fraction of sp³-hybridized carbons (Fsp3) is 0.600. The number of halogens is 3. The Bertz CT molecular complexity index is 405. The van der Waals surface area contributed by atoms with Crippen LogP contribution in [0.3, 0.4) is 0 Å². The van der Waals surface area contributed by atoms with Crippen molar-refractivity contribution in [2.75, 3.05) is 5.32 Å². The summed E-state index contributed by atoms with van der Waals surface area (Å²) in [6, 6.07) is 3.67. The second-order valence-corrected chi connectivity index (χ2v) is 6.22. The van der Waals surface area contributed by atoms with E-state index in [4.69, 9.17) is 23.2 Å².